The first kappa shape index (κ1) is 21.0. The zero-order valence-corrected chi connectivity index (χ0v) is 17.6. The smallest absolute Gasteiger partial charge is 0.292 e. The van der Waals surface area contributed by atoms with Crippen LogP contribution in [0.5, 0.6) is 5.75 Å². The number of aryl methyl sites for hydroxylation is 1. The first-order chi connectivity index (χ1) is 15.7. The second-order valence-corrected chi connectivity index (χ2v) is 7.06. The molecule has 0 radical (unpaired) electrons. The zero-order valence-electron chi connectivity index (χ0n) is 17.6. The average Bonchev–Trinajstić information content (AvgIpc) is 2.84. The van der Waals surface area contributed by atoms with Gasteiger partial charge in [-0.05, 0) is 36.2 Å². The molecule has 0 atom stereocenters. The maximum absolute atomic E-state index is 12.7. The highest BCUT2D eigenvalue weighted by atomic mass is 16.5. The van der Waals surface area contributed by atoms with Gasteiger partial charge in [0.25, 0.3) is 11.5 Å². The van der Waals surface area contributed by atoms with Gasteiger partial charge in [-0.15, -0.1) is 0 Å². The molecular weight excluding hydrogens is 404 g/mol. The fourth-order valence-electron chi connectivity index (χ4n) is 3.26. The van der Waals surface area contributed by atoms with E-state index in [0.717, 1.165) is 11.1 Å². The maximum atomic E-state index is 12.7. The predicted octanol–water partition coefficient (Wildman–Crippen LogP) is 3.76. The van der Waals surface area contributed by atoms with E-state index in [9.17, 15) is 9.59 Å². The van der Waals surface area contributed by atoms with Crippen molar-refractivity contribution in [2.24, 2.45) is 5.10 Å². The van der Waals surface area contributed by atoms with E-state index in [1.165, 1.54) is 10.9 Å². The van der Waals surface area contributed by atoms with Crippen molar-refractivity contribution >= 4 is 22.9 Å². The van der Waals surface area contributed by atoms with Crippen LogP contribution in [-0.2, 0) is 13.2 Å². The molecule has 160 valence electrons. The van der Waals surface area contributed by atoms with Crippen LogP contribution in [0.2, 0.25) is 0 Å². The Morgan fingerprint density at radius 1 is 1.03 bits per heavy atom. The zero-order chi connectivity index (χ0) is 22.3. The Bertz CT molecular complexity index is 1330. The molecule has 7 nitrogen and oxygen atoms in total. The second-order valence-electron chi connectivity index (χ2n) is 7.06. The summed E-state index contributed by atoms with van der Waals surface area (Å²) in [5.41, 5.74) is 4.27. The van der Waals surface area contributed by atoms with E-state index in [0.29, 0.717) is 29.7 Å². The van der Waals surface area contributed by atoms with Gasteiger partial charge in [0, 0.05) is 11.9 Å². The SMILES string of the molecule is CCn1nc(C(=O)N/N=C/c2cccc(OCc3ccccc3)c2)c2ccccc2c1=O. The van der Waals surface area contributed by atoms with Crippen LogP contribution in [0.25, 0.3) is 10.8 Å². The van der Waals surface area contributed by atoms with Crippen molar-refractivity contribution in [3.05, 3.63) is 106 Å². The molecular formula is C25H22N4O3. The number of nitrogens with one attached hydrogen (secondary N) is 1. The van der Waals surface area contributed by atoms with Gasteiger partial charge in [-0.2, -0.15) is 10.2 Å². The second kappa shape index (κ2) is 9.70. The minimum Gasteiger partial charge on any atom is -0.489 e. The van der Waals surface area contributed by atoms with Gasteiger partial charge in [0.1, 0.15) is 12.4 Å². The lowest BCUT2D eigenvalue weighted by atomic mass is 10.1. The van der Waals surface area contributed by atoms with Crippen molar-refractivity contribution in [3.8, 4) is 5.75 Å². The molecule has 7 heteroatoms. The van der Waals surface area contributed by atoms with E-state index in [1.807, 2.05) is 54.6 Å². The number of amides is 1. The van der Waals surface area contributed by atoms with Gasteiger partial charge in [0.05, 0.1) is 11.6 Å². The number of hydrogen-bond acceptors (Lipinski definition) is 5. The summed E-state index contributed by atoms with van der Waals surface area (Å²) in [5.74, 6) is 0.211. The molecule has 1 heterocycles. The molecule has 0 spiro atoms. The van der Waals surface area contributed by atoms with Crippen molar-refractivity contribution in [2.45, 2.75) is 20.1 Å². The minimum absolute atomic E-state index is 0.152. The van der Waals surface area contributed by atoms with Crippen molar-refractivity contribution in [1.82, 2.24) is 15.2 Å². The number of carbonyl (C=O) groups is 1. The molecule has 32 heavy (non-hydrogen) atoms. The first-order valence-corrected chi connectivity index (χ1v) is 10.3. The van der Waals surface area contributed by atoms with E-state index in [-0.39, 0.29) is 11.3 Å². The fraction of sp³-hybridized carbons (Fsp3) is 0.120. The lowest BCUT2D eigenvalue weighted by Gasteiger charge is -2.08. The molecule has 1 N–H and O–H groups in total. The minimum atomic E-state index is -0.490. The third kappa shape index (κ3) is 4.73. The average molecular weight is 426 g/mol. The highest BCUT2D eigenvalue weighted by Crippen LogP contribution is 2.15. The molecule has 0 saturated heterocycles. The van der Waals surface area contributed by atoms with Crippen LogP contribution in [0.4, 0.5) is 0 Å². The number of hydrogen-bond donors (Lipinski definition) is 1. The summed E-state index contributed by atoms with van der Waals surface area (Å²) in [7, 11) is 0. The predicted molar refractivity (Wildman–Crippen MR) is 124 cm³/mol. The summed E-state index contributed by atoms with van der Waals surface area (Å²) in [6.07, 6.45) is 1.53. The van der Waals surface area contributed by atoms with Crippen molar-refractivity contribution in [1.29, 1.82) is 0 Å². The Hall–Kier alpha value is -4.26. The summed E-state index contributed by atoms with van der Waals surface area (Å²) < 4.78 is 7.10. The van der Waals surface area contributed by atoms with Gasteiger partial charge >= 0.3 is 0 Å². The fourth-order valence-corrected chi connectivity index (χ4v) is 3.26. The number of benzene rings is 3. The number of ether oxygens (including phenoxy) is 1. The molecule has 1 amide bonds. The Morgan fingerprint density at radius 3 is 2.56 bits per heavy atom. The molecule has 0 aliphatic rings. The van der Waals surface area contributed by atoms with Crippen LogP contribution in [0.3, 0.4) is 0 Å². The summed E-state index contributed by atoms with van der Waals surface area (Å²) in [6.45, 7) is 2.63. The van der Waals surface area contributed by atoms with Crippen LogP contribution in [0.1, 0.15) is 28.5 Å². The molecule has 0 saturated carbocycles. The number of hydrazone groups is 1. The Morgan fingerprint density at radius 2 is 1.78 bits per heavy atom. The molecule has 1 aromatic heterocycles. The highest BCUT2D eigenvalue weighted by Gasteiger charge is 2.15. The van der Waals surface area contributed by atoms with Crippen LogP contribution in [-0.4, -0.2) is 21.9 Å². The van der Waals surface area contributed by atoms with Crippen LogP contribution in [0.15, 0.2) is 88.8 Å². The Labute approximate surface area is 185 Å². The number of carbonyl (C=O) groups excluding carboxylic acids is 1. The van der Waals surface area contributed by atoms with Gasteiger partial charge < -0.3 is 4.74 Å². The van der Waals surface area contributed by atoms with E-state index < -0.39 is 5.91 Å². The van der Waals surface area contributed by atoms with E-state index in [2.05, 4.69) is 15.6 Å². The third-order valence-corrected chi connectivity index (χ3v) is 4.87. The lowest BCUT2D eigenvalue weighted by molar-refractivity contribution is 0.0949. The number of rotatable bonds is 7. The van der Waals surface area contributed by atoms with Gasteiger partial charge in [-0.1, -0.05) is 60.7 Å². The normalized spacial score (nSPS) is 11.0. The standard InChI is InChI=1S/C25H22N4O3/c1-2-29-25(31)22-14-7-6-13-21(22)23(28-29)24(30)27-26-16-19-11-8-12-20(15-19)32-17-18-9-4-3-5-10-18/h3-16H,2,17H2,1H3,(H,27,30)/b26-16+. The molecule has 3 aromatic carbocycles. The van der Waals surface area contributed by atoms with Gasteiger partial charge in [-0.25, -0.2) is 10.1 Å². The molecule has 0 fully saturated rings. The van der Waals surface area contributed by atoms with Crippen molar-refractivity contribution < 1.29 is 9.53 Å². The van der Waals surface area contributed by atoms with Gasteiger partial charge in [-0.3, -0.25) is 9.59 Å². The first-order valence-electron chi connectivity index (χ1n) is 10.3. The third-order valence-electron chi connectivity index (χ3n) is 4.87. The van der Waals surface area contributed by atoms with E-state index >= 15 is 0 Å². The van der Waals surface area contributed by atoms with Crippen LogP contribution >= 0.6 is 0 Å². The number of aromatic nitrogens is 2. The van der Waals surface area contributed by atoms with Crippen molar-refractivity contribution in [2.75, 3.05) is 0 Å². The van der Waals surface area contributed by atoms with Crippen molar-refractivity contribution in [3.63, 3.8) is 0 Å². The summed E-state index contributed by atoms with van der Waals surface area (Å²) in [4.78, 5) is 25.2. The summed E-state index contributed by atoms with van der Waals surface area (Å²) >= 11 is 0. The molecule has 0 bridgehead atoms. The lowest BCUT2D eigenvalue weighted by Crippen LogP contribution is -2.28. The monoisotopic (exact) mass is 426 g/mol. The number of fused-ring (bicyclic) bond motifs is 1. The van der Waals surface area contributed by atoms with E-state index in [4.69, 9.17) is 4.74 Å². The maximum Gasteiger partial charge on any atom is 0.292 e. The molecule has 0 unspecified atom stereocenters. The van der Waals surface area contributed by atoms with Crippen LogP contribution < -0.4 is 15.7 Å². The number of nitrogens with zero attached hydrogens (tertiary/aromatic N) is 3. The molecule has 4 rings (SSSR count). The molecule has 0 aliphatic carbocycles. The summed E-state index contributed by atoms with van der Waals surface area (Å²) in [6, 6.07) is 24.2. The van der Waals surface area contributed by atoms with Gasteiger partial charge in [0.15, 0.2) is 5.69 Å². The Balaban J connectivity index is 1.47. The molecule has 0 aliphatic heterocycles. The van der Waals surface area contributed by atoms with Gasteiger partial charge in [0.2, 0.25) is 0 Å². The quantitative estimate of drug-likeness (QED) is 0.360. The summed E-state index contributed by atoms with van der Waals surface area (Å²) in [5, 5.41) is 9.20. The highest BCUT2D eigenvalue weighted by molar-refractivity contribution is 6.04. The largest absolute Gasteiger partial charge is 0.489 e. The molecule has 4 aromatic rings. The van der Waals surface area contributed by atoms with E-state index in [1.54, 1.807) is 31.2 Å². The Kier molecular flexibility index (Phi) is 6.36. The van der Waals surface area contributed by atoms with Crippen LogP contribution in [0, 0.1) is 0 Å². The topological polar surface area (TPSA) is 85.6 Å².